The highest BCUT2D eigenvalue weighted by molar-refractivity contribution is 5.85. The van der Waals surface area contributed by atoms with Crippen LogP contribution in [-0.4, -0.2) is 22.5 Å². The SMILES string of the molecule is Cc1nc2ccc([N+](=O)[O-])cc2cc1C(CCC#N)C(=O)OCC(C)C. The van der Waals surface area contributed by atoms with Gasteiger partial charge in [-0.2, -0.15) is 5.26 Å². The predicted molar refractivity (Wildman–Crippen MR) is 96.5 cm³/mol. The number of non-ortho nitro benzene ring substituents is 1. The van der Waals surface area contributed by atoms with Gasteiger partial charge in [-0.05, 0) is 37.0 Å². The molecule has 1 aromatic carbocycles. The third kappa shape index (κ3) is 4.54. The van der Waals surface area contributed by atoms with Gasteiger partial charge in [0.1, 0.15) is 0 Å². The summed E-state index contributed by atoms with van der Waals surface area (Å²) in [5.41, 5.74) is 1.87. The number of rotatable bonds is 7. The Labute approximate surface area is 151 Å². The monoisotopic (exact) mass is 355 g/mol. The maximum Gasteiger partial charge on any atom is 0.313 e. The number of esters is 1. The quantitative estimate of drug-likeness (QED) is 0.421. The summed E-state index contributed by atoms with van der Waals surface area (Å²) in [5, 5.41) is 20.5. The van der Waals surface area contributed by atoms with Gasteiger partial charge >= 0.3 is 5.97 Å². The van der Waals surface area contributed by atoms with Crippen molar-refractivity contribution >= 4 is 22.6 Å². The first-order valence-corrected chi connectivity index (χ1v) is 8.42. The van der Waals surface area contributed by atoms with Crippen molar-refractivity contribution in [1.29, 1.82) is 5.26 Å². The van der Waals surface area contributed by atoms with Gasteiger partial charge in [0.25, 0.3) is 5.69 Å². The van der Waals surface area contributed by atoms with E-state index in [4.69, 9.17) is 10.00 Å². The van der Waals surface area contributed by atoms with E-state index in [0.717, 1.165) is 0 Å². The van der Waals surface area contributed by atoms with Gasteiger partial charge in [-0.25, -0.2) is 0 Å². The molecule has 1 aromatic heterocycles. The van der Waals surface area contributed by atoms with Crippen LogP contribution in [0.1, 0.15) is 43.9 Å². The third-order valence-corrected chi connectivity index (χ3v) is 4.00. The van der Waals surface area contributed by atoms with Gasteiger partial charge in [0.2, 0.25) is 0 Å². The molecular weight excluding hydrogens is 334 g/mol. The molecule has 0 aliphatic rings. The Balaban J connectivity index is 2.46. The minimum absolute atomic E-state index is 0.0370. The van der Waals surface area contributed by atoms with E-state index in [1.807, 2.05) is 13.8 Å². The van der Waals surface area contributed by atoms with E-state index >= 15 is 0 Å². The van der Waals surface area contributed by atoms with Gasteiger partial charge in [0.05, 0.1) is 29.0 Å². The van der Waals surface area contributed by atoms with Gasteiger partial charge in [0.15, 0.2) is 0 Å². The van der Waals surface area contributed by atoms with Crippen LogP contribution in [0.15, 0.2) is 24.3 Å². The molecule has 1 unspecified atom stereocenters. The molecule has 0 aliphatic carbocycles. The smallest absolute Gasteiger partial charge is 0.313 e. The standard InChI is InChI=1S/C19H21N3O4/c1-12(2)11-26-19(23)16(5-4-8-20)17-10-14-9-15(22(24)25)6-7-18(14)21-13(17)3/h6-7,9-10,12,16H,4-5,11H2,1-3H3. The van der Waals surface area contributed by atoms with Crippen LogP contribution in [0.25, 0.3) is 10.9 Å². The normalized spacial score (nSPS) is 12.0. The third-order valence-electron chi connectivity index (χ3n) is 4.00. The fourth-order valence-corrected chi connectivity index (χ4v) is 2.70. The summed E-state index contributed by atoms with van der Waals surface area (Å²) in [6, 6.07) is 8.22. The summed E-state index contributed by atoms with van der Waals surface area (Å²) in [6.07, 6.45) is 0.518. The first-order valence-electron chi connectivity index (χ1n) is 8.42. The molecule has 2 rings (SSSR count). The number of nitro benzene ring substituents is 1. The lowest BCUT2D eigenvalue weighted by molar-refractivity contribution is -0.384. The van der Waals surface area contributed by atoms with Crippen molar-refractivity contribution in [1.82, 2.24) is 4.98 Å². The summed E-state index contributed by atoms with van der Waals surface area (Å²) >= 11 is 0. The van der Waals surface area contributed by atoms with Crippen molar-refractivity contribution < 1.29 is 14.5 Å². The second-order valence-electron chi connectivity index (χ2n) is 6.57. The second kappa shape index (κ2) is 8.39. The number of ether oxygens (including phenoxy) is 1. The van der Waals surface area contributed by atoms with Crippen LogP contribution in [0.2, 0.25) is 0 Å². The summed E-state index contributed by atoms with van der Waals surface area (Å²) in [6.45, 7) is 5.97. The van der Waals surface area contributed by atoms with Crippen molar-refractivity contribution in [2.45, 2.75) is 39.5 Å². The van der Waals surface area contributed by atoms with Crippen LogP contribution >= 0.6 is 0 Å². The number of nitriles is 1. The molecule has 0 bridgehead atoms. The molecule has 0 radical (unpaired) electrons. The summed E-state index contributed by atoms with van der Waals surface area (Å²) < 4.78 is 5.36. The largest absolute Gasteiger partial charge is 0.465 e. The van der Waals surface area contributed by atoms with E-state index in [1.54, 1.807) is 19.1 Å². The van der Waals surface area contributed by atoms with Crippen LogP contribution in [0.5, 0.6) is 0 Å². The molecule has 136 valence electrons. The lowest BCUT2D eigenvalue weighted by atomic mass is 9.92. The molecule has 0 saturated heterocycles. The van der Waals surface area contributed by atoms with Crippen molar-refractivity contribution in [3.63, 3.8) is 0 Å². The Kier molecular flexibility index (Phi) is 6.23. The minimum atomic E-state index is -0.621. The Morgan fingerprint density at radius 1 is 1.38 bits per heavy atom. The Morgan fingerprint density at radius 3 is 2.73 bits per heavy atom. The van der Waals surface area contributed by atoms with E-state index in [0.29, 0.717) is 35.2 Å². The van der Waals surface area contributed by atoms with E-state index in [1.165, 1.54) is 12.1 Å². The van der Waals surface area contributed by atoms with Gasteiger partial charge in [-0.15, -0.1) is 0 Å². The summed E-state index contributed by atoms with van der Waals surface area (Å²) in [4.78, 5) is 27.6. The molecule has 7 nitrogen and oxygen atoms in total. The number of fused-ring (bicyclic) bond motifs is 1. The number of carbonyl (C=O) groups is 1. The number of aryl methyl sites for hydroxylation is 1. The van der Waals surface area contributed by atoms with Gasteiger partial charge < -0.3 is 4.74 Å². The molecule has 26 heavy (non-hydrogen) atoms. The predicted octanol–water partition coefficient (Wildman–Crippen LogP) is 4.04. The van der Waals surface area contributed by atoms with Crippen molar-refractivity contribution in [2.24, 2.45) is 5.92 Å². The molecule has 1 heterocycles. The first-order chi connectivity index (χ1) is 12.3. The number of hydrogen-bond acceptors (Lipinski definition) is 6. The van der Waals surface area contributed by atoms with Crippen LogP contribution < -0.4 is 0 Å². The highest BCUT2D eigenvalue weighted by atomic mass is 16.6. The molecular formula is C19H21N3O4. The zero-order chi connectivity index (χ0) is 19.3. The van der Waals surface area contributed by atoms with E-state index in [9.17, 15) is 14.9 Å². The number of carbonyl (C=O) groups excluding carboxylic acids is 1. The zero-order valence-electron chi connectivity index (χ0n) is 15.1. The molecule has 0 amide bonds. The average molecular weight is 355 g/mol. The minimum Gasteiger partial charge on any atom is -0.465 e. The van der Waals surface area contributed by atoms with Crippen LogP contribution in [0.3, 0.4) is 0 Å². The van der Waals surface area contributed by atoms with Crippen LogP contribution in [0.4, 0.5) is 5.69 Å². The van der Waals surface area contributed by atoms with Gasteiger partial charge in [0, 0.05) is 29.6 Å². The molecule has 1 atom stereocenters. The lowest BCUT2D eigenvalue weighted by Crippen LogP contribution is -2.19. The molecule has 7 heteroatoms. The van der Waals surface area contributed by atoms with Crippen LogP contribution in [0, 0.1) is 34.3 Å². The number of nitrogens with zero attached hydrogens (tertiary/aromatic N) is 3. The number of benzene rings is 1. The van der Waals surface area contributed by atoms with E-state index in [2.05, 4.69) is 11.1 Å². The maximum atomic E-state index is 12.5. The van der Waals surface area contributed by atoms with E-state index < -0.39 is 16.8 Å². The fourth-order valence-electron chi connectivity index (χ4n) is 2.70. The van der Waals surface area contributed by atoms with Crippen molar-refractivity contribution in [3.05, 3.63) is 45.6 Å². The highest BCUT2D eigenvalue weighted by Gasteiger charge is 2.25. The van der Waals surface area contributed by atoms with Gasteiger partial charge in [-0.1, -0.05) is 13.8 Å². The number of hydrogen-bond donors (Lipinski definition) is 0. The van der Waals surface area contributed by atoms with Gasteiger partial charge in [-0.3, -0.25) is 19.9 Å². The fraction of sp³-hybridized carbons (Fsp3) is 0.421. The zero-order valence-corrected chi connectivity index (χ0v) is 15.1. The number of nitro groups is 1. The molecule has 0 spiro atoms. The topological polar surface area (TPSA) is 106 Å². The molecule has 0 aliphatic heterocycles. The Bertz CT molecular complexity index is 871. The average Bonchev–Trinajstić information content (AvgIpc) is 2.59. The van der Waals surface area contributed by atoms with Crippen molar-refractivity contribution in [3.8, 4) is 6.07 Å². The number of pyridine rings is 1. The Hall–Kier alpha value is -3.01. The maximum absolute atomic E-state index is 12.5. The van der Waals surface area contributed by atoms with Crippen LogP contribution in [-0.2, 0) is 9.53 Å². The summed E-state index contributed by atoms with van der Waals surface area (Å²) in [7, 11) is 0. The first kappa shape index (κ1) is 19.3. The highest BCUT2D eigenvalue weighted by Crippen LogP contribution is 2.29. The second-order valence-corrected chi connectivity index (χ2v) is 6.57. The van der Waals surface area contributed by atoms with E-state index in [-0.39, 0.29) is 18.0 Å². The number of aromatic nitrogens is 1. The summed E-state index contributed by atoms with van der Waals surface area (Å²) in [5.74, 6) is -0.817. The molecule has 0 fully saturated rings. The molecule has 2 aromatic rings. The molecule has 0 saturated carbocycles. The molecule has 0 N–H and O–H groups in total. The lowest BCUT2D eigenvalue weighted by Gasteiger charge is -2.18. The van der Waals surface area contributed by atoms with Crippen molar-refractivity contribution in [2.75, 3.05) is 6.61 Å². The Morgan fingerprint density at radius 2 is 2.12 bits per heavy atom.